The van der Waals surface area contributed by atoms with Crippen molar-refractivity contribution in [3.63, 3.8) is 0 Å². The number of nitrogens with one attached hydrogen (secondary N) is 2. The lowest BCUT2D eigenvalue weighted by atomic mass is 9.67. The van der Waals surface area contributed by atoms with E-state index < -0.39 is 0 Å². The maximum atomic E-state index is 9.00. The van der Waals surface area contributed by atoms with Gasteiger partial charge in [-0.05, 0) is 24.7 Å². The molecule has 2 rings (SSSR count). The monoisotopic (exact) mass is 209 g/mol. The Kier molecular flexibility index (Phi) is 3.38. The molecule has 4 heteroatoms. The molecule has 0 aromatic carbocycles. The molecule has 0 atom stereocenters. The molecule has 1 aliphatic carbocycles. The number of aliphatic hydroxyl groups excluding tert-OH is 1. The van der Waals surface area contributed by atoms with Crippen molar-refractivity contribution in [2.45, 2.75) is 32.2 Å². The molecule has 0 aliphatic heterocycles. The van der Waals surface area contributed by atoms with Crippen LogP contribution in [0.5, 0.6) is 0 Å². The smallest absolute Gasteiger partial charge is 0.120 e. The molecule has 0 unspecified atom stereocenters. The molecule has 84 valence electrons. The van der Waals surface area contributed by atoms with Crippen LogP contribution in [0.2, 0.25) is 0 Å². The second kappa shape index (κ2) is 4.77. The topological polar surface area (TPSA) is 60.9 Å². The summed E-state index contributed by atoms with van der Waals surface area (Å²) in [4.78, 5) is 7.23. The normalized spacial score (nSPS) is 18.7. The molecular weight excluding hydrogens is 190 g/mol. The number of aromatic nitrogens is 2. The van der Waals surface area contributed by atoms with Crippen molar-refractivity contribution in [2.24, 2.45) is 5.41 Å². The third-order valence-corrected chi connectivity index (χ3v) is 3.40. The number of aromatic amines is 1. The number of nitrogens with zero attached hydrogens (tertiary/aromatic N) is 1. The summed E-state index contributed by atoms with van der Waals surface area (Å²) in [7, 11) is 0. The largest absolute Gasteiger partial charge is 0.396 e. The lowest BCUT2D eigenvalue weighted by Gasteiger charge is -2.42. The lowest BCUT2D eigenvalue weighted by molar-refractivity contribution is 0.0857. The molecule has 15 heavy (non-hydrogen) atoms. The van der Waals surface area contributed by atoms with Crippen molar-refractivity contribution < 1.29 is 5.11 Å². The van der Waals surface area contributed by atoms with Crippen LogP contribution in [0.4, 0.5) is 0 Å². The minimum absolute atomic E-state index is 0.308. The molecule has 0 amide bonds. The first-order chi connectivity index (χ1) is 7.35. The molecule has 1 heterocycles. The van der Waals surface area contributed by atoms with Gasteiger partial charge in [0.1, 0.15) is 5.82 Å². The molecule has 1 aromatic heterocycles. The zero-order valence-electron chi connectivity index (χ0n) is 9.00. The number of hydrogen-bond acceptors (Lipinski definition) is 3. The third kappa shape index (κ3) is 2.58. The van der Waals surface area contributed by atoms with Gasteiger partial charge in [-0.25, -0.2) is 4.98 Å². The second-order valence-corrected chi connectivity index (χ2v) is 4.47. The third-order valence-electron chi connectivity index (χ3n) is 3.40. The summed E-state index contributed by atoms with van der Waals surface area (Å²) in [6.45, 7) is 2.09. The van der Waals surface area contributed by atoms with Gasteiger partial charge in [0.25, 0.3) is 0 Å². The SMILES string of the molecule is OCCC1(CNCc2ncc[nH]2)CCC1. The molecule has 4 nitrogen and oxygen atoms in total. The van der Waals surface area contributed by atoms with Crippen LogP contribution in [0.3, 0.4) is 0 Å². The number of aliphatic hydroxyl groups is 1. The van der Waals surface area contributed by atoms with Gasteiger partial charge in [0.05, 0.1) is 6.54 Å². The Morgan fingerprint density at radius 2 is 2.40 bits per heavy atom. The van der Waals surface area contributed by atoms with Crippen molar-refractivity contribution in [3.8, 4) is 0 Å². The Labute approximate surface area is 90.1 Å². The molecule has 3 N–H and O–H groups in total. The van der Waals surface area contributed by atoms with Gasteiger partial charge in [-0.3, -0.25) is 0 Å². The minimum Gasteiger partial charge on any atom is -0.396 e. The van der Waals surface area contributed by atoms with Crippen LogP contribution in [-0.2, 0) is 6.54 Å². The van der Waals surface area contributed by atoms with E-state index in [-0.39, 0.29) is 0 Å². The minimum atomic E-state index is 0.308. The van der Waals surface area contributed by atoms with Crippen LogP contribution >= 0.6 is 0 Å². The summed E-state index contributed by atoms with van der Waals surface area (Å²) in [5.41, 5.74) is 0.362. The fourth-order valence-corrected chi connectivity index (χ4v) is 2.27. The van der Waals surface area contributed by atoms with Gasteiger partial charge < -0.3 is 15.4 Å². The first-order valence-electron chi connectivity index (χ1n) is 5.64. The average Bonchev–Trinajstić information content (AvgIpc) is 2.67. The van der Waals surface area contributed by atoms with Gasteiger partial charge >= 0.3 is 0 Å². The summed E-state index contributed by atoms with van der Waals surface area (Å²) in [5, 5.41) is 12.4. The highest BCUT2D eigenvalue weighted by Gasteiger charge is 2.35. The number of H-pyrrole nitrogens is 1. The van der Waals surface area contributed by atoms with Crippen LogP contribution in [0.1, 0.15) is 31.5 Å². The van der Waals surface area contributed by atoms with Crippen LogP contribution in [0, 0.1) is 5.41 Å². The molecule has 1 aliphatic rings. The van der Waals surface area contributed by atoms with E-state index in [1.807, 2.05) is 6.20 Å². The van der Waals surface area contributed by atoms with Crippen LogP contribution in [0.25, 0.3) is 0 Å². The number of hydrogen-bond donors (Lipinski definition) is 3. The van der Waals surface area contributed by atoms with E-state index in [2.05, 4.69) is 15.3 Å². The van der Waals surface area contributed by atoms with E-state index in [4.69, 9.17) is 5.11 Å². The molecular formula is C11H19N3O. The van der Waals surface area contributed by atoms with E-state index in [1.165, 1.54) is 19.3 Å². The molecule has 0 spiro atoms. The van der Waals surface area contributed by atoms with Crippen molar-refractivity contribution in [3.05, 3.63) is 18.2 Å². The van der Waals surface area contributed by atoms with Gasteiger partial charge in [0.15, 0.2) is 0 Å². The summed E-state index contributed by atoms with van der Waals surface area (Å²) in [6.07, 6.45) is 8.34. The molecule has 1 saturated carbocycles. The van der Waals surface area contributed by atoms with Gasteiger partial charge in [0.2, 0.25) is 0 Å². The molecule has 0 saturated heterocycles. The maximum absolute atomic E-state index is 9.00. The Bertz CT molecular complexity index is 280. The quantitative estimate of drug-likeness (QED) is 0.656. The van der Waals surface area contributed by atoms with E-state index in [9.17, 15) is 0 Å². The van der Waals surface area contributed by atoms with Crippen LogP contribution in [-0.4, -0.2) is 28.2 Å². The van der Waals surface area contributed by atoms with Gasteiger partial charge in [0, 0.05) is 25.5 Å². The average molecular weight is 209 g/mol. The standard InChI is InChI=1S/C11H19N3O/c15-7-4-11(2-1-3-11)9-12-8-10-13-5-6-14-10/h5-6,12,15H,1-4,7-9H2,(H,13,14). The Balaban J connectivity index is 1.72. The molecule has 0 bridgehead atoms. The fourth-order valence-electron chi connectivity index (χ4n) is 2.27. The molecule has 1 aromatic rings. The van der Waals surface area contributed by atoms with E-state index >= 15 is 0 Å². The number of rotatable bonds is 6. The number of imidazole rings is 1. The highest BCUT2D eigenvalue weighted by Crippen LogP contribution is 2.43. The van der Waals surface area contributed by atoms with Crippen LogP contribution in [0.15, 0.2) is 12.4 Å². The highest BCUT2D eigenvalue weighted by atomic mass is 16.3. The summed E-state index contributed by atoms with van der Waals surface area (Å²) >= 11 is 0. The van der Waals surface area contributed by atoms with Gasteiger partial charge in [-0.2, -0.15) is 0 Å². The first kappa shape index (κ1) is 10.6. The zero-order chi connectivity index (χ0) is 10.6. The van der Waals surface area contributed by atoms with E-state index in [1.54, 1.807) is 6.20 Å². The predicted octanol–water partition coefficient (Wildman–Crippen LogP) is 1.05. The lowest BCUT2D eigenvalue weighted by Crippen LogP contribution is -2.40. The molecule has 1 fully saturated rings. The molecule has 0 radical (unpaired) electrons. The van der Waals surface area contributed by atoms with Gasteiger partial charge in [-0.1, -0.05) is 6.42 Å². The second-order valence-electron chi connectivity index (χ2n) is 4.47. The zero-order valence-corrected chi connectivity index (χ0v) is 9.00. The van der Waals surface area contributed by atoms with Gasteiger partial charge in [-0.15, -0.1) is 0 Å². The summed E-state index contributed by atoms with van der Waals surface area (Å²) in [6, 6.07) is 0. The van der Waals surface area contributed by atoms with Crippen LogP contribution < -0.4 is 5.32 Å². The summed E-state index contributed by atoms with van der Waals surface area (Å²) < 4.78 is 0. The summed E-state index contributed by atoms with van der Waals surface area (Å²) in [5.74, 6) is 0.980. The Hall–Kier alpha value is -0.870. The predicted molar refractivity (Wildman–Crippen MR) is 58.3 cm³/mol. The van der Waals surface area contributed by atoms with Crippen molar-refractivity contribution >= 4 is 0 Å². The van der Waals surface area contributed by atoms with Crippen molar-refractivity contribution in [1.82, 2.24) is 15.3 Å². The van der Waals surface area contributed by atoms with E-state index in [0.29, 0.717) is 12.0 Å². The van der Waals surface area contributed by atoms with Crippen molar-refractivity contribution in [2.75, 3.05) is 13.2 Å². The van der Waals surface area contributed by atoms with E-state index in [0.717, 1.165) is 25.3 Å². The van der Waals surface area contributed by atoms with Crippen molar-refractivity contribution in [1.29, 1.82) is 0 Å². The first-order valence-corrected chi connectivity index (χ1v) is 5.64. The maximum Gasteiger partial charge on any atom is 0.120 e. The highest BCUT2D eigenvalue weighted by molar-refractivity contribution is 4.91. The fraction of sp³-hybridized carbons (Fsp3) is 0.727. The Morgan fingerprint density at radius 1 is 1.53 bits per heavy atom. The Morgan fingerprint density at radius 3 is 2.93 bits per heavy atom.